The van der Waals surface area contributed by atoms with Crippen molar-refractivity contribution in [3.63, 3.8) is 0 Å². The van der Waals surface area contributed by atoms with Gasteiger partial charge in [0.15, 0.2) is 11.9 Å². The molecule has 1 fully saturated rings. The number of likely N-dealkylation sites (tertiary alicyclic amines) is 1. The molecule has 0 bridgehead atoms. The summed E-state index contributed by atoms with van der Waals surface area (Å²) in [5.41, 5.74) is 6.46. The number of ketones is 1. The van der Waals surface area contributed by atoms with Crippen molar-refractivity contribution in [3.05, 3.63) is 35.4 Å². The molecule has 37 heavy (non-hydrogen) atoms. The summed E-state index contributed by atoms with van der Waals surface area (Å²) >= 11 is 0. The first-order valence-electron chi connectivity index (χ1n) is 11.9. The number of methoxy groups -OCH3 is 1. The fraction of sp³-hybridized carbons (Fsp3) is 0.600. The number of hydrogen-bond acceptors (Lipinski definition) is 7. The second-order valence-corrected chi connectivity index (χ2v) is 9.91. The van der Waals surface area contributed by atoms with E-state index in [-0.39, 0.29) is 30.0 Å². The average Bonchev–Trinajstić information content (AvgIpc) is 3.29. The van der Waals surface area contributed by atoms with Gasteiger partial charge in [0.25, 0.3) is 0 Å². The fourth-order valence-corrected chi connectivity index (χ4v) is 4.19. The van der Waals surface area contributed by atoms with Gasteiger partial charge in [0, 0.05) is 18.0 Å². The van der Waals surface area contributed by atoms with E-state index < -0.39 is 65.8 Å². The molecule has 1 aromatic carbocycles. The van der Waals surface area contributed by atoms with E-state index in [1.807, 2.05) is 0 Å². The van der Waals surface area contributed by atoms with Crippen LogP contribution in [0.5, 0.6) is 0 Å². The van der Waals surface area contributed by atoms with Crippen LogP contribution in [0.15, 0.2) is 24.3 Å². The molecular formula is C25H34F3N3O6. The summed E-state index contributed by atoms with van der Waals surface area (Å²) in [6.07, 6.45) is -7.93. The number of hydrogen-bond donors (Lipinski definition) is 3. The highest BCUT2D eigenvalue weighted by Gasteiger charge is 2.48. The van der Waals surface area contributed by atoms with Crippen molar-refractivity contribution in [2.75, 3.05) is 13.7 Å². The molecule has 0 aromatic heterocycles. The zero-order chi connectivity index (χ0) is 28.2. The highest BCUT2D eigenvalue weighted by Crippen LogP contribution is 2.30. The summed E-state index contributed by atoms with van der Waals surface area (Å²) in [6.45, 7) is 6.07. The Labute approximate surface area is 213 Å². The van der Waals surface area contributed by atoms with Crippen LogP contribution in [-0.2, 0) is 14.3 Å². The molecule has 0 spiro atoms. The number of nitrogens with zero attached hydrogens (tertiary/aromatic N) is 1. The predicted octanol–water partition coefficient (Wildman–Crippen LogP) is 1.92. The molecule has 1 aromatic rings. The Morgan fingerprint density at radius 2 is 1.59 bits per heavy atom. The van der Waals surface area contributed by atoms with Crippen LogP contribution in [-0.4, -0.2) is 77.6 Å². The number of aliphatic hydroxyl groups excluding tert-OH is 1. The van der Waals surface area contributed by atoms with E-state index in [9.17, 15) is 37.5 Å². The van der Waals surface area contributed by atoms with Gasteiger partial charge in [0.05, 0.1) is 24.8 Å². The number of alkyl halides is 3. The first-order valence-corrected chi connectivity index (χ1v) is 11.9. The number of rotatable bonds is 9. The topological polar surface area (TPSA) is 139 Å². The minimum absolute atomic E-state index is 0.146. The molecule has 1 heterocycles. The summed E-state index contributed by atoms with van der Waals surface area (Å²) < 4.78 is 44.2. The van der Waals surface area contributed by atoms with Crippen LogP contribution in [0.4, 0.5) is 13.2 Å². The van der Waals surface area contributed by atoms with E-state index in [4.69, 9.17) is 5.73 Å². The second kappa shape index (κ2) is 12.0. The maximum atomic E-state index is 13.2. The monoisotopic (exact) mass is 529 g/mol. The number of amides is 2. The molecule has 0 saturated carbocycles. The van der Waals surface area contributed by atoms with Gasteiger partial charge in [-0.3, -0.25) is 14.4 Å². The molecule has 0 aliphatic carbocycles. The average molecular weight is 530 g/mol. The van der Waals surface area contributed by atoms with Crippen molar-refractivity contribution in [2.24, 2.45) is 23.5 Å². The number of halogens is 3. The molecule has 1 aliphatic rings. The molecule has 12 heteroatoms. The van der Waals surface area contributed by atoms with E-state index in [1.54, 1.807) is 13.8 Å². The van der Waals surface area contributed by atoms with Crippen LogP contribution in [0.3, 0.4) is 0 Å². The lowest BCUT2D eigenvalue weighted by atomic mass is 9.93. The van der Waals surface area contributed by atoms with Gasteiger partial charge in [-0.25, -0.2) is 4.79 Å². The standard InChI is InChI=1S/C25H34F3N3O6/c1-12(2)18(29)23(35)31-11-16(20(32)14-6-8-15(9-7-14)24(36)37-5)10-17(31)22(34)30-19(13(3)4)21(33)25(26,27)28/h6-9,12-13,16-19,21,33H,10-11,29H2,1-5H3,(H,30,34)/t16?,17-,18-,19?,21?/m0/s1. The smallest absolute Gasteiger partial charge is 0.416 e. The van der Waals surface area contributed by atoms with Crippen LogP contribution in [0.1, 0.15) is 54.8 Å². The third kappa shape index (κ3) is 7.07. The third-order valence-electron chi connectivity index (χ3n) is 6.55. The van der Waals surface area contributed by atoms with Gasteiger partial charge in [-0.05, 0) is 30.4 Å². The number of nitrogens with one attached hydrogen (secondary N) is 1. The zero-order valence-corrected chi connectivity index (χ0v) is 21.4. The number of benzene rings is 1. The van der Waals surface area contributed by atoms with Crippen molar-refractivity contribution in [1.29, 1.82) is 0 Å². The zero-order valence-electron chi connectivity index (χ0n) is 21.4. The molecule has 3 unspecified atom stereocenters. The van der Waals surface area contributed by atoms with Gasteiger partial charge in [0.1, 0.15) is 6.04 Å². The van der Waals surface area contributed by atoms with Crippen LogP contribution < -0.4 is 11.1 Å². The molecule has 2 rings (SSSR count). The summed E-state index contributed by atoms with van der Waals surface area (Å²) in [4.78, 5) is 52.3. The molecule has 206 valence electrons. The Morgan fingerprint density at radius 1 is 1.05 bits per heavy atom. The Kier molecular flexibility index (Phi) is 9.84. The molecule has 1 saturated heterocycles. The molecule has 1 aliphatic heterocycles. The quantitative estimate of drug-likeness (QED) is 0.328. The van der Waals surface area contributed by atoms with Crippen LogP contribution in [0, 0.1) is 17.8 Å². The van der Waals surface area contributed by atoms with E-state index in [0.717, 1.165) is 4.90 Å². The number of esters is 1. The summed E-state index contributed by atoms with van der Waals surface area (Å²) in [7, 11) is 1.22. The number of carbonyl (C=O) groups is 4. The van der Waals surface area contributed by atoms with E-state index in [0.29, 0.717) is 0 Å². The van der Waals surface area contributed by atoms with E-state index in [2.05, 4.69) is 10.1 Å². The molecule has 4 N–H and O–H groups in total. The van der Waals surface area contributed by atoms with Crippen molar-refractivity contribution < 1.29 is 42.2 Å². The highest BCUT2D eigenvalue weighted by molar-refractivity contribution is 6.01. The first kappa shape index (κ1) is 30.2. The molecule has 0 radical (unpaired) electrons. The van der Waals surface area contributed by atoms with Gasteiger partial charge in [-0.1, -0.05) is 39.8 Å². The van der Waals surface area contributed by atoms with E-state index >= 15 is 0 Å². The predicted molar refractivity (Wildman–Crippen MR) is 127 cm³/mol. The minimum Gasteiger partial charge on any atom is -0.465 e. The third-order valence-corrected chi connectivity index (χ3v) is 6.55. The molecule has 5 atom stereocenters. The largest absolute Gasteiger partial charge is 0.465 e. The number of ether oxygens (including phenoxy) is 1. The number of carbonyl (C=O) groups excluding carboxylic acids is 4. The van der Waals surface area contributed by atoms with Gasteiger partial charge in [-0.15, -0.1) is 0 Å². The van der Waals surface area contributed by atoms with Gasteiger partial charge < -0.3 is 25.8 Å². The van der Waals surface area contributed by atoms with Crippen molar-refractivity contribution in [1.82, 2.24) is 10.2 Å². The normalized spacial score (nSPS) is 20.5. The molecule has 2 amide bonds. The first-order chi connectivity index (χ1) is 17.1. The van der Waals surface area contributed by atoms with Gasteiger partial charge >= 0.3 is 12.1 Å². The number of aliphatic hydroxyl groups is 1. The van der Waals surface area contributed by atoms with Crippen molar-refractivity contribution in [3.8, 4) is 0 Å². The highest BCUT2D eigenvalue weighted by atomic mass is 19.4. The number of nitrogens with two attached hydrogens (primary N) is 1. The lowest BCUT2D eigenvalue weighted by molar-refractivity contribution is -0.215. The van der Waals surface area contributed by atoms with Gasteiger partial charge in [0.2, 0.25) is 11.8 Å². The van der Waals surface area contributed by atoms with Crippen LogP contribution in [0.25, 0.3) is 0 Å². The van der Waals surface area contributed by atoms with Crippen LogP contribution >= 0.6 is 0 Å². The van der Waals surface area contributed by atoms with Crippen molar-refractivity contribution >= 4 is 23.6 Å². The maximum Gasteiger partial charge on any atom is 0.416 e. The lowest BCUT2D eigenvalue weighted by Crippen LogP contribution is -2.58. The van der Waals surface area contributed by atoms with Crippen LogP contribution in [0.2, 0.25) is 0 Å². The Bertz CT molecular complexity index is 996. The SMILES string of the molecule is COC(=O)c1ccc(C(=O)C2C[C@@H](C(=O)NC(C(C)C)C(O)C(F)(F)F)N(C(=O)[C@@H](N)C(C)C)C2)cc1. The Balaban J connectivity index is 2.33. The maximum absolute atomic E-state index is 13.2. The Morgan fingerprint density at radius 3 is 2.05 bits per heavy atom. The summed E-state index contributed by atoms with van der Waals surface area (Å²) in [5, 5.41) is 12.0. The second-order valence-electron chi connectivity index (χ2n) is 9.91. The summed E-state index contributed by atoms with van der Waals surface area (Å²) in [5.74, 6) is -4.43. The van der Waals surface area contributed by atoms with Gasteiger partial charge in [-0.2, -0.15) is 13.2 Å². The lowest BCUT2D eigenvalue weighted by Gasteiger charge is -2.32. The van der Waals surface area contributed by atoms with E-state index in [1.165, 1.54) is 45.2 Å². The number of Topliss-reactive ketones (excluding diaryl/α,β-unsaturated/α-hetero) is 1. The van der Waals surface area contributed by atoms with Crippen molar-refractivity contribution in [2.45, 2.75) is 64.5 Å². The fourth-order valence-electron chi connectivity index (χ4n) is 4.19. The Hall–Kier alpha value is -2.99. The summed E-state index contributed by atoms with van der Waals surface area (Å²) in [6, 6.07) is 1.73. The minimum atomic E-state index is -4.97. The molecular weight excluding hydrogens is 495 g/mol. The molecule has 9 nitrogen and oxygen atoms in total.